The van der Waals surface area contributed by atoms with E-state index in [9.17, 15) is 43.2 Å². The van der Waals surface area contributed by atoms with E-state index in [1.165, 1.54) is 128 Å². The molecule has 0 aliphatic heterocycles. The minimum absolute atomic E-state index is 0.101. The lowest BCUT2D eigenvalue weighted by Gasteiger charge is -2.21. The quantitative estimate of drug-likeness (QED) is 0.0222. The minimum atomic E-state index is -4.95. The molecular formula is C68H132O17P2. The van der Waals surface area contributed by atoms with Gasteiger partial charge < -0.3 is 33.8 Å². The molecule has 0 aliphatic carbocycles. The second kappa shape index (κ2) is 57.9. The first kappa shape index (κ1) is 85.1. The van der Waals surface area contributed by atoms with Gasteiger partial charge in [0.2, 0.25) is 0 Å². The molecule has 0 rings (SSSR count). The topological polar surface area (TPSA) is 237 Å². The van der Waals surface area contributed by atoms with Gasteiger partial charge in [-0.2, -0.15) is 0 Å². The molecule has 17 nitrogen and oxygen atoms in total. The van der Waals surface area contributed by atoms with Crippen molar-refractivity contribution in [2.45, 2.75) is 350 Å². The predicted molar refractivity (Wildman–Crippen MR) is 349 cm³/mol. The zero-order valence-electron chi connectivity index (χ0n) is 56.6. The van der Waals surface area contributed by atoms with Crippen LogP contribution in [0.3, 0.4) is 0 Å². The van der Waals surface area contributed by atoms with Crippen LogP contribution < -0.4 is 0 Å². The van der Waals surface area contributed by atoms with Gasteiger partial charge in [0.25, 0.3) is 0 Å². The highest BCUT2D eigenvalue weighted by Gasteiger charge is 2.30. The average Bonchev–Trinajstić information content (AvgIpc) is 3.66. The number of esters is 4. The summed E-state index contributed by atoms with van der Waals surface area (Å²) in [6.07, 6.45) is 39.1. The number of unbranched alkanes of at least 4 members (excludes halogenated alkanes) is 30. The zero-order chi connectivity index (χ0) is 64.7. The van der Waals surface area contributed by atoms with Gasteiger partial charge in [-0.1, -0.05) is 280 Å². The smallest absolute Gasteiger partial charge is 0.462 e. The average molecular weight is 1280 g/mol. The van der Waals surface area contributed by atoms with Gasteiger partial charge in [0.15, 0.2) is 12.2 Å². The van der Waals surface area contributed by atoms with E-state index in [0.717, 1.165) is 114 Å². The van der Waals surface area contributed by atoms with Gasteiger partial charge in [0, 0.05) is 25.7 Å². The highest BCUT2D eigenvalue weighted by Crippen LogP contribution is 2.45. The minimum Gasteiger partial charge on any atom is -0.462 e. The van der Waals surface area contributed by atoms with Gasteiger partial charge in [0.1, 0.15) is 19.3 Å². The van der Waals surface area contributed by atoms with Gasteiger partial charge in [-0.15, -0.1) is 0 Å². The first-order valence-electron chi connectivity index (χ1n) is 35.2. The predicted octanol–water partition coefficient (Wildman–Crippen LogP) is 18.9. The largest absolute Gasteiger partial charge is 0.472 e. The summed E-state index contributed by atoms with van der Waals surface area (Å²) in [5, 5.41) is 10.6. The van der Waals surface area contributed by atoms with Crippen LogP contribution in [0, 0.1) is 23.7 Å². The van der Waals surface area contributed by atoms with E-state index in [-0.39, 0.29) is 25.7 Å². The summed E-state index contributed by atoms with van der Waals surface area (Å²) in [5.74, 6) is 0.797. The number of carbonyl (C=O) groups is 4. The monoisotopic (exact) mass is 1280 g/mol. The molecule has 0 aliphatic rings. The molecule has 0 saturated heterocycles. The Morgan fingerprint density at radius 1 is 0.322 bits per heavy atom. The molecule has 0 bridgehead atoms. The van der Waals surface area contributed by atoms with Crippen LogP contribution >= 0.6 is 15.6 Å². The van der Waals surface area contributed by atoms with Crippen molar-refractivity contribution in [2.75, 3.05) is 39.6 Å². The Balaban J connectivity index is 5.24. The van der Waals surface area contributed by atoms with E-state index in [2.05, 4.69) is 55.4 Å². The van der Waals surface area contributed by atoms with Crippen molar-refractivity contribution in [1.82, 2.24) is 0 Å². The third kappa shape index (κ3) is 61.3. The Labute approximate surface area is 530 Å². The molecule has 0 spiro atoms. The van der Waals surface area contributed by atoms with Crippen LogP contribution in [0.5, 0.6) is 0 Å². The van der Waals surface area contributed by atoms with E-state index in [4.69, 9.17) is 37.0 Å². The van der Waals surface area contributed by atoms with Crippen molar-refractivity contribution in [3.8, 4) is 0 Å². The van der Waals surface area contributed by atoms with Crippen molar-refractivity contribution >= 4 is 39.5 Å². The summed E-state index contributed by atoms with van der Waals surface area (Å²) in [6, 6.07) is 0. The third-order valence-electron chi connectivity index (χ3n) is 15.9. The zero-order valence-corrected chi connectivity index (χ0v) is 58.4. The number of ether oxygens (including phenoxy) is 4. The highest BCUT2D eigenvalue weighted by atomic mass is 31.2. The van der Waals surface area contributed by atoms with Crippen molar-refractivity contribution in [3.05, 3.63) is 0 Å². The maximum absolute atomic E-state index is 13.0. The Hall–Kier alpha value is -1.94. The van der Waals surface area contributed by atoms with Crippen LogP contribution in [-0.2, 0) is 65.4 Å². The van der Waals surface area contributed by atoms with Crippen LogP contribution in [0.1, 0.15) is 331 Å². The summed E-state index contributed by atoms with van der Waals surface area (Å²) >= 11 is 0. The molecule has 0 radical (unpaired) electrons. The van der Waals surface area contributed by atoms with Crippen LogP contribution in [0.4, 0.5) is 0 Å². The summed E-state index contributed by atoms with van der Waals surface area (Å²) < 4.78 is 68.1. The molecule has 516 valence electrons. The summed E-state index contributed by atoms with van der Waals surface area (Å²) in [5.41, 5.74) is 0. The highest BCUT2D eigenvalue weighted by molar-refractivity contribution is 7.47. The SMILES string of the molecule is CCC(C)CCCCCCCCC(=O)OC[C@H](COP(=O)(O)OC[C@H](O)COP(=O)(O)OC[C@@H](COC(=O)CCCCCCCCCCCCCCC(C)C)OC(=O)CCCCCCCCCCCCC(C)C)OC(=O)CCCCCCCCC(C)C. The fraction of sp³-hybridized carbons (Fsp3) is 0.941. The third-order valence-corrected chi connectivity index (χ3v) is 17.8. The molecule has 0 saturated carbocycles. The number of aliphatic hydroxyl groups is 1. The Morgan fingerprint density at radius 2 is 0.552 bits per heavy atom. The number of rotatable bonds is 65. The first-order valence-corrected chi connectivity index (χ1v) is 38.2. The van der Waals surface area contributed by atoms with Gasteiger partial charge in [-0.05, 0) is 49.4 Å². The van der Waals surface area contributed by atoms with E-state index in [1.54, 1.807) is 0 Å². The second-order valence-corrected chi connectivity index (χ2v) is 29.1. The second-order valence-electron chi connectivity index (χ2n) is 26.2. The van der Waals surface area contributed by atoms with Crippen molar-refractivity contribution in [3.63, 3.8) is 0 Å². The number of phosphoric acid groups is 2. The van der Waals surface area contributed by atoms with Gasteiger partial charge >= 0.3 is 39.5 Å². The van der Waals surface area contributed by atoms with Crippen LogP contribution in [0.25, 0.3) is 0 Å². The Bertz CT molecular complexity index is 1730. The molecule has 0 aromatic heterocycles. The van der Waals surface area contributed by atoms with Gasteiger partial charge in [0.05, 0.1) is 26.4 Å². The number of hydrogen-bond acceptors (Lipinski definition) is 15. The van der Waals surface area contributed by atoms with Gasteiger partial charge in [-0.3, -0.25) is 37.3 Å². The van der Waals surface area contributed by atoms with E-state index in [0.29, 0.717) is 31.6 Å². The molecule has 0 heterocycles. The fourth-order valence-electron chi connectivity index (χ4n) is 10.1. The molecule has 6 atom stereocenters. The lowest BCUT2D eigenvalue weighted by Crippen LogP contribution is -2.30. The number of phosphoric ester groups is 2. The van der Waals surface area contributed by atoms with Crippen LogP contribution in [-0.4, -0.2) is 96.7 Å². The van der Waals surface area contributed by atoms with Crippen LogP contribution in [0.2, 0.25) is 0 Å². The lowest BCUT2D eigenvalue weighted by atomic mass is 10.00. The number of aliphatic hydroxyl groups excluding tert-OH is 1. The summed E-state index contributed by atoms with van der Waals surface area (Å²) in [4.78, 5) is 72.4. The fourth-order valence-corrected chi connectivity index (χ4v) is 11.7. The van der Waals surface area contributed by atoms with Crippen molar-refractivity contribution in [1.29, 1.82) is 0 Å². The number of carbonyl (C=O) groups excluding carboxylic acids is 4. The molecule has 3 unspecified atom stereocenters. The molecular weight excluding hydrogens is 1150 g/mol. The summed E-state index contributed by atoms with van der Waals surface area (Å²) in [6.45, 7) is 14.0. The maximum Gasteiger partial charge on any atom is 0.472 e. The Kier molecular flexibility index (Phi) is 56.6. The molecule has 0 amide bonds. The first-order chi connectivity index (χ1) is 41.6. The van der Waals surface area contributed by atoms with E-state index in [1.807, 2.05) is 0 Å². The van der Waals surface area contributed by atoms with Crippen LogP contribution in [0.15, 0.2) is 0 Å². The maximum atomic E-state index is 13.0. The normalized spacial score (nSPS) is 14.6. The molecule has 3 N–H and O–H groups in total. The van der Waals surface area contributed by atoms with Gasteiger partial charge in [-0.25, -0.2) is 9.13 Å². The molecule has 19 heteroatoms. The lowest BCUT2D eigenvalue weighted by molar-refractivity contribution is -0.161. The van der Waals surface area contributed by atoms with Crippen molar-refractivity contribution < 1.29 is 80.2 Å². The number of hydrogen-bond donors (Lipinski definition) is 3. The summed E-state index contributed by atoms with van der Waals surface area (Å²) in [7, 11) is -9.90. The molecule has 0 fully saturated rings. The molecule has 0 aromatic rings. The van der Waals surface area contributed by atoms with E-state index < -0.39 is 97.5 Å². The Morgan fingerprint density at radius 3 is 0.816 bits per heavy atom. The standard InChI is InChI=1S/C68H132O17P2/c1-9-61(8)47-39-31-25-27-33-41-49-66(71)79-55-64(85-68(73)51-43-35-26-24-30-38-46-60(6)7)57-83-87(76,77)81-53-62(69)52-80-86(74,75)82-56-63(84-67(72)50-42-34-23-19-15-14-17-21-29-37-45-59(4)5)54-78-65(70)48-40-32-22-18-13-11-10-12-16-20-28-36-44-58(2)3/h58-64,69H,9-57H2,1-8H3,(H,74,75)(H,76,77)/t61?,62-,63-,64-/m1/s1. The molecule has 87 heavy (non-hydrogen) atoms. The van der Waals surface area contributed by atoms with E-state index >= 15 is 0 Å². The molecule has 0 aromatic carbocycles. The van der Waals surface area contributed by atoms with Crippen molar-refractivity contribution in [2.24, 2.45) is 23.7 Å².